The minimum atomic E-state index is -0.505. The summed E-state index contributed by atoms with van der Waals surface area (Å²) in [7, 11) is 0. The number of aliphatic hydroxyl groups excluding tert-OH is 1. The minimum Gasteiger partial charge on any atom is -0.490 e. The van der Waals surface area contributed by atoms with Crippen molar-refractivity contribution in [3.8, 4) is 16.9 Å². The van der Waals surface area contributed by atoms with Crippen LogP contribution in [0.1, 0.15) is 32.1 Å². The van der Waals surface area contributed by atoms with E-state index < -0.39 is 5.60 Å². The van der Waals surface area contributed by atoms with Crippen molar-refractivity contribution >= 4 is 33.3 Å². The van der Waals surface area contributed by atoms with E-state index >= 15 is 0 Å². The van der Waals surface area contributed by atoms with Crippen molar-refractivity contribution < 1.29 is 19.4 Å². The average molecular weight is 468 g/mol. The number of amides is 1. The van der Waals surface area contributed by atoms with Crippen molar-refractivity contribution in [1.29, 1.82) is 0 Å². The number of ether oxygens (including phenoxy) is 2. The third kappa shape index (κ3) is 4.25. The maximum absolute atomic E-state index is 12.6. The Balaban J connectivity index is 1.50. The lowest BCUT2D eigenvalue weighted by molar-refractivity contribution is 0.0292. The Bertz CT molecular complexity index is 1190. The Labute approximate surface area is 197 Å². The second-order valence-corrected chi connectivity index (χ2v) is 10.6. The molecule has 1 atom stereocenters. The number of aliphatic hydroxyl groups is 1. The summed E-state index contributed by atoms with van der Waals surface area (Å²) in [5, 5.41) is 9.63. The second-order valence-electron chi connectivity index (χ2n) is 9.51. The Hall–Kier alpha value is -2.84. The third-order valence-corrected chi connectivity index (χ3v) is 7.18. The van der Waals surface area contributed by atoms with Crippen LogP contribution in [0.5, 0.6) is 5.75 Å². The molecule has 1 fully saturated rings. The summed E-state index contributed by atoms with van der Waals surface area (Å²) < 4.78 is 12.7. The standard InChI is InChI=1S/C25H29N3O4S/c1-25(2,3)32-24(30)27-10-8-16(14-27)28-11-12-31-21-6-4-5-18(22(21)28)19-7-9-26-20-13-17(15-29)33-23(19)20/h4-7,9,13,16,29H,8,10-12,14-15H2,1-3H3/t16-/m0/s1. The number of carbonyl (C=O) groups excluding carboxylic acids is 1. The molecule has 0 aliphatic carbocycles. The van der Waals surface area contributed by atoms with Crippen molar-refractivity contribution in [3.63, 3.8) is 0 Å². The smallest absolute Gasteiger partial charge is 0.410 e. The van der Waals surface area contributed by atoms with E-state index in [2.05, 4.69) is 16.0 Å². The normalized spacial score (nSPS) is 18.4. The van der Waals surface area contributed by atoms with Crippen LogP contribution in [0.4, 0.5) is 10.5 Å². The van der Waals surface area contributed by atoms with Gasteiger partial charge in [0.15, 0.2) is 0 Å². The number of para-hydroxylation sites is 1. The lowest BCUT2D eigenvalue weighted by Gasteiger charge is -2.37. The van der Waals surface area contributed by atoms with Gasteiger partial charge in [0.25, 0.3) is 0 Å². The minimum absolute atomic E-state index is 0.00513. The van der Waals surface area contributed by atoms with Gasteiger partial charge in [-0.25, -0.2) is 4.79 Å². The van der Waals surface area contributed by atoms with Crippen LogP contribution in [-0.4, -0.2) is 59.0 Å². The highest BCUT2D eigenvalue weighted by molar-refractivity contribution is 7.19. The molecule has 5 rings (SSSR count). The van der Waals surface area contributed by atoms with E-state index in [9.17, 15) is 9.90 Å². The Morgan fingerprint density at radius 1 is 1.27 bits per heavy atom. The number of rotatable bonds is 3. The highest BCUT2D eigenvalue weighted by Crippen LogP contribution is 2.45. The van der Waals surface area contributed by atoms with Crippen LogP contribution in [0.25, 0.3) is 21.3 Å². The molecule has 3 aromatic rings. The van der Waals surface area contributed by atoms with E-state index in [1.165, 1.54) is 0 Å². The van der Waals surface area contributed by atoms with Crippen LogP contribution in [0.2, 0.25) is 0 Å². The molecule has 1 amide bonds. The number of thiophene rings is 1. The molecule has 8 heteroatoms. The zero-order valence-corrected chi connectivity index (χ0v) is 20.0. The van der Waals surface area contributed by atoms with Gasteiger partial charge in [0.2, 0.25) is 0 Å². The van der Waals surface area contributed by atoms with Gasteiger partial charge in [-0.1, -0.05) is 12.1 Å². The maximum atomic E-state index is 12.6. The summed E-state index contributed by atoms with van der Waals surface area (Å²) in [6.45, 7) is 8.36. The lowest BCUT2D eigenvalue weighted by atomic mass is 10.0. The van der Waals surface area contributed by atoms with Crippen LogP contribution in [0.3, 0.4) is 0 Å². The van der Waals surface area contributed by atoms with Gasteiger partial charge in [0.1, 0.15) is 18.0 Å². The molecule has 4 heterocycles. The Morgan fingerprint density at radius 3 is 2.91 bits per heavy atom. The molecule has 0 radical (unpaired) electrons. The molecule has 7 nitrogen and oxygen atoms in total. The number of pyridine rings is 1. The van der Waals surface area contributed by atoms with Crippen molar-refractivity contribution in [2.24, 2.45) is 0 Å². The summed E-state index contributed by atoms with van der Waals surface area (Å²) in [5.74, 6) is 0.860. The first kappa shape index (κ1) is 22.0. The van der Waals surface area contributed by atoms with Crippen molar-refractivity contribution in [2.45, 2.75) is 45.4 Å². The number of likely N-dealkylation sites (tertiary alicyclic amines) is 1. The second kappa shape index (κ2) is 8.50. The molecule has 2 aliphatic rings. The molecule has 174 valence electrons. The average Bonchev–Trinajstić information content (AvgIpc) is 3.44. The predicted octanol–water partition coefficient (Wildman–Crippen LogP) is 4.66. The fraction of sp³-hybridized carbons (Fsp3) is 0.440. The number of anilines is 1. The highest BCUT2D eigenvalue weighted by Gasteiger charge is 2.36. The summed E-state index contributed by atoms with van der Waals surface area (Å²) in [6, 6.07) is 10.3. The van der Waals surface area contributed by atoms with E-state index in [0.29, 0.717) is 19.7 Å². The number of nitrogens with zero attached hydrogens (tertiary/aromatic N) is 3. The highest BCUT2D eigenvalue weighted by atomic mass is 32.1. The third-order valence-electron chi connectivity index (χ3n) is 6.04. The SMILES string of the molecule is CC(C)(C)OC(=O)N1CC[C@H](N2CCOc3cccc(-c4ccnc5cc(CO)sc45)c32)C1. The number of fused-ring (bicyclic) bond motifs is 2. The van der Waals surface area contributed by atoms with Gasteiger partial charge < -0.3 is 24.4 Å². The Morgan fingerprint density at radius 2 is 2.12 bits per heavy atom. The molecule has 1 saturated heterocycles. The molecule has 2 aromatic heterocycles. The summed E-state index contributed by atoms with van der Waals surface area (Å²) in [4.78, 5) is 22.2. The van der Waals surface area contributed by atoms with Gasteiger partial charge in [0, 0.05) is 41.3 Å². The van der Waals surface area contributed by atoms with Crippen LogP contribution in [0.15, 0.2) is 36.5 Å². The van der Waals surface area contributed by atoms with E-state index in [0.717, 1.165) is 50.6 Å². The molecule has 1 aromatic carbocycles. The first-order chi connectivity index (χ1) is 15.8. The van der Waals surface area contributed by atoms with Crippen molar-refractivity contribution in [3.05, 3.63) is 41.4 Å². The largest absolute Gasteiger partial charge is 0.490 e. The number of carbonyl (C=O) groups is 1. The summed E-state index contributed by atoms with van der Waals surface area (Å²) in [6.07, 6.45) is 2.45. The van der Waals surface area contributed by atoms with Crippen LogP contribution < -0.4 is 9.64 Å². The van der Waals surface area contributed by atoms with E-state index in [4.69, 9.17) is 9.47 Å². The van der Waals surface area contributed by atoms with Crippen LogP contribution >= 0.6 is 11.3 Å². The lowest BCUT2D eigenvalue weighted by Crippen LogP contribution is -2.44. The van der Waals surface area contributed by atoms with Gasteiger partial charge in [-0.05, 0) is 45.4 Å². The first-order valence-corrected chi connectivity index (χ1v) is 12.1. The van der Waals surface area contributed by atoms with Crippen molar-refractivity contribution in [2.75, 3.05) is 31.1 Å². The van der Waals surface area contributed by atoms with Crippen LogP contribution in [0, 0.1) is 0 Å². The maximum Gasteiger partial charge on any atom is 0.410 e. The van der Waals surface area contributed by atoms with Gasteiger partial charge in [-0.2, -0.15) is 0 Å². The monoisotopic (exact) mass is 467 g/mol. The zero-order chi connectivity index (χ0) is 23.2. The number of hydrogen-bond donors (Lipinski definition) is 1. The van der Waals surface area contributed by atoms with Crippen molar-refractivity contribution in [1.82, 2.24) is 9.88 Å². The van der Waals surface area contributed by atoms with Crippen LogP contribution in [-0.2, 0) is 11.3 Å². The number of benzene rings is 1. The van der Waals surface area contributed by atoms with E-state index in [-0.39, 0.29) is 18.7 Å². The fourth-order valence-electron chi connectivity index (χ4n) is 4.65. The quantitative estimate of drug-likeness (QED) is 0.604. The van der Waals surface area contributed by atoms with E-state index in [1.54, 1.807) is 11.3 Å². The molecule has 0 unspecified atom stereocenters. The van der Waals surface area contributed by atoms with E-state index in [1.807, 2.05) is 56.1 Å². The molecular formula is C25H29N3O4S. The summed E-state index contributed by atoms with van der Waals surface area (Å²) >= 11 is 1.57. The predicted molar refractivity (Wildman–Crippen MR) is 130 cm³/mol. The molecule has 1 N–H and O–H groups in total. The molecule has 0 bridgehead atoms. The number of hydrogen-bond acceptors (Lipinski definition) is 7. The topological polar surface area (TPSA) is 75.1 Å². The van der Waals surface area contributed by atoms with Gasteiger partial charge in [-0.15, -0.1) is 11.3 Å². The molecule has 33 heavy (non-hydrogen) atoms. The Kier molecular flexibility index (Phi) is 5.66. The summed E-state index contributed by atoms with van der Waals surface area (Å²) in [5.41, 5.74) is 3.61. The van der Waals surface area contributed by atoms with Gasteiger partial charge in [0.05, 0.1) is 29.1 Å². The van der Waals surface area contributed by atoms with Gasteiger partial charge >= 0.3 is 6.09 Å². The molecule has 0 spiro atoms. The fourth-order valence-corrected chi connectivity index (χ4v) is 5.65. The zero-order valence-electron chi connectivity index (χ0n) is 19.2. The molecule has 0 saturated carbocycles. The first-order valence-electron chi connectivity index (χ1n) is 11.3. The van der Waals surface area contributed by atoms with Gasteiger partial charge in [-0.3, -0.25) is 4.98 Å². The molecule has 2 aliphatic heterocycles. The molecular weight excluding hydrogens is 438 g/mol. The number of aromatic nitrogens is 1.